The molecule has 1 aliphatic heterocycles. The van der Waals surface area contributed by atoms with E-state index in [1.54, 1.807) is 31.4 Å². The summed E-state index contributed by atoms with van der Waals surface area (Å²) in [5, 5.41) is 4.08. The first-order valence-corrected chi connectivity index (χ1v) is 17.3. The molecule has 0 amide bonds. The number of methoxy groups -OCH3 is 2. The third kappa shape index (κ3) is 9.06. The van der Waals surface area contributed by atoms with Crippen molar-refractivity contribution in [1.29, 1.82) is 0 Å². The first-order valence-electron chi connectivity index (χ1n) is 15.7. The SMILES string of the molecule is COc1ccc([C@H](Cc2c(Cl)cncc2Cl)OC(=O)c2ccc(CNC(C(=O)OCC3CCCCN3C)c3ccccc3)s2)cc1OC. The number of hydrogen-bond acceptors (Lipinski definition) is 10. The molecule has 254 valence electrons. The monoisotopic (exact) mass is 711 g/mol. The van der Waals surface area contributed by atoms with Gasteiger partial charge in [-0.2, -0.15) is 0 Å². The zero-order valence-corrected chi connectivity index (χ0v) is 29.4. The summed E-state index contributed by atoms with van der Waals surface area (Å²) in [5.41, 5.74) is 2.08. The maximum atomic E-state index is 13.6. The predicted molar refractivity (Wildman–Crippen MR) is 187 cm³/mol. The van der Waals surface area contributed by atoms with Gasteiger partial charge in [0.15, 0.2) is 11.5 Å². The number of carbonyl (C=O) groups excluding carboxylic acids is 2. The van der Waals surface area contributed by atoms with Crippen molar-refractivity contribution in [2.45, 2.75) is 50.4 Å². The lowest BCUT2D eigenvalue weighted by Gasteiger charge is -2.32. The number of ether oxygens (including phenoxy) is 4. The second-order valence-electron chi connectivity index (χ2n) is 11.5. The van der Waals surface area contributed by atoms with Gasteiger partial charge in [0.2, 0.25) is 0 Å². The maximum absolute atomic E-state index is 13.6. The molecule has 1 saturated heterocycles. The van der Waals surface area contributed by atoms with E-state index in [1.807, 2.05) is 36.4 Å². The standard InChI is InChI=1S/C36H39Cl2N3O6S/c1-41-16-8-7-11-25(41)22-46-36(43)34(23-9-5-4-6-10-23)40-19-26-13-15-33(48-26)35(42)47-31(18-27-28(37)20-39-21-29(27)38)24-12-14-30(44-2)32(17-24)45-3/h4-6,9-10,12-15,17,20-21,25,31,34,40H,7-8,11,16,18-19,22H2,1-3H3/t25?,31-,34?/m0/s1. The molecule has 0 aliphatic carbocycles. The fourth-order valence-electron chi connectivity index (χ4n) is 5.67. The number of rotatable bonds is 14. The molecule has 0 saturated carbocycles. The van der Waals surface area contributed by atoms with E-state index in [9.17, 15) is 9.59 Å². The summed E-state index contributed by atoms with van der Waals surface area (Å²) < 4.78 is 22.8. The molecule has 2 aromatic carbocycles. The van der Waals surface area contributed by atoms with Gasteiger partial charge in [-0.05, 0) is 67.4 Å². The molecule has 48 heavy (non-hydrogen) atoms. The predicted octanol–water partition coefficient (Wildman–Crippen LogP) is 7.47. The molecule has 1 fully saturated rings. The molecule has 0 spiro atoms. The molecule has 2 unspecified atom stereocenters. The molecule has 9 nitrogen and oxygen atoms in total. The van der Waals surface area contributed by atoms with Crippen molar-refractivity contribution in [3.63, 3.8) is 0 Å². The number of piperidine rings is 1. The second kappa shape index (κ2) is 17.1. The van der Waals surface area contributed by atoms with Gasteiger partial charge in [-0.3, -0.25) is 10.3 Å². The fraction of sp³-hybridized carbons (Fsp3) is 0.361. The highest BCUT2D eigenvalue weighted by atomic mass is 35.5. The van der Waals surface area contributed by atoms with Crippen LogP contribution in [0.25, 0.3) is 0 Å². The zero-order valence-electron chi connectivity index (χ0n) is 27.1. The normalized spacial score (nSPS) is 16.1. The maximum Gasteiger partial charge on any atom is 0.348 e. The highest BCUT2D eigenvalue weighted by Gasteiger charge is 2.27. The van der Waals surface area contributed by atoms with Crippen molar-refractivity contribution < 1.29 is 28.5 Å². The van der Waals surface area contributed by atoms with Gasteiger partial charge >= 0.3 is 11.9 Å². The van der Waals surface area contributed by atoms with E-state index in [0.717, 1.165) is 36.2 Å². The molecular formula is C36H39Cl2N3O6S. The van der Waals surface area contributed by atoms with Gasteiger partial charge in [-0.15, -0.1) is 11.3 Å². The molecule has 4 aromatic rings. The number of pyridine rings is 1. The lowest BCUT2D eigenvalue weighted by atomic mass is 10.0. The molecule has 0 bridgehead atoms. The van der Waals surface area contributed by atoms with Gasteiger partial charge in [0.25, 0.3) is 0 Å². The Kier molecular flexibility index (Phi) is 12.7. The Labute approximate surface area is 295 Å². The third-order valence-corrected chi connectivity index (χ3v) is 10.1. The number of likely N-dealkylation sites (tertiary alicyclic amines) is 1. The van der Waals surface area contributed by atoms with E-state index in [1.165, 1.54) is 30.8 Å². The number of carbonyl (C=O) groups is 2. The molecule has 1 N–H and O–H groups in total. The summed E-state index contributed by atoms with van der Waals surface area (Å²) in [4.78, 5) is 34.5. The Morgan fingerprint density at radius 1 is 0.979 bits per heavy atom. The van der Waals surface area contributed by atoms with Crippen LogP contribution in [0.2, 0.25) is 10.0 Å². The van der Waals surface area contributed by atoms with Gasteiger partial charge < -0.3 is 23.8 Å². The smallest absolute Gasteiger partial charge is 0.348 e. The Morgan fingerprint density at radius 2 is 1.73 bits per heavy atom. The molecule has 3 atom stereocenters. The van der Waals surface area contributed by atoms with Crippen molar-refractivity contribution >= 4 is 46.5 Å². The van der Waals surface area contributed by atoms with E-state index in [2.05, 4.69) is 22.2 Å². The van der Waals surface area contributed by atoms with Crippen LogP contribution in [-0.2, 0) is 27.2 Å². The van der Waals surface area contributed by atoms with E-state index in [-0.39, 0.29) is 18.4 Å². The van der Waals surface area contributed by atoms with Crippen LogP contribution in [0.5, 0.6) is 11.5 Å². The molecule has 3 heterocycles. The summed E-state index contributed by atoms with van der Waals surface area (Å²) in [6.45, 7) is 1.70. The highest BCUT2D eigenvalue weighted by Crippen LogP contribution is 2.36. The minimum atomic E-state index is -0.751. The van der Waals surface area contributed by atoms with Crippen molar-refractivity contribution in [3.05, 3.63) is 110 Å². The van der Waals surface area contributed by atoms with Crippen LogP contribution >= 0.6 is 34.5 Å². The van der Waals surface area contributed by atoms with E-state index >= 15 is 0 Å². The minimum absolute atomic E-state index is 0.207. The lowest BCUT2D eigenvalue weighted by molar-refractivity contribution is -0.148. The molecule has 12 heteroatoms. The van der Waals surface area contributed by atoms with E-state index in [0.29, 0.717) is 50.7 Å². The largest absolute Gasteiger partial charge is 0.493 e. The Balaban J connectivity index is 1.29. The van der Waals surface area contributed by atoms with Gasteiger partial charge in [0, 0.05) is 36.3 Å². The number of esters is 2. The lowest BCUT2D eigenvalue weighted by Crippen LogP contribution is -2.41. The summed E-state index contributed by atoms with van der Waals surface area (Å²) in [7, 11) is 5.16. The van der Waals surface area contributed by atoms with Crippen molar-refractivity contribution in [2.75, 3.05) is 34.4 Å². The molecule has 0 radical (unpaired) electrons. The topological polar surface area (TPSA) is 99.2 Å². The van der Waals surface area contributed by atoms with Crippen LogP contribution in [0.15, 0.2) is 73.1 Å². The zero-order chi connectivity index (χ0) is 34.0. The van der Waals surface area contributed by atoms with Crippen LogP contribution < -0.4 is 14.8 Å². The number of benzene rings is 2. The summed E-state index contributed by atoms with van der Waals surface area (Å²) in [6, 6.07) is 17.9. The van der Waals surface area contributed by atoms with Crippen molar-refractivity contribution in [1.82, 2.24) is 15.2 Å². The molecule has 2 aromatic heterocycles. The van der Waals surface area contributed by atoms with Crippen LogP contribution in [0.1, 0.15) is 62.6 Å². The highest BCUT2D eigenvalue weighted by molar-refractivity contribution is 7.13. The van der Waals surface area contributed by atoms with Gasteiger partial charge in [0.1, 0.15) is 23.6 Å². The van der Waals surface area contributed by atoms with Gasteiger partial charge in [-0.1, -0.05) is 66.0 Å². The Morgan fingerprint density at radius 3 is 2.44 bits per heavy atom. The average Bonchev–Trinajstić information content (AvgIpc) is 3.58. The Hall–Kier alpha value is -3.67. The Bertz CT molecular complexity index is 1670. The average molecular weight is 713 g/mol. The van der Waals surface area contributed by atoms with Crippen LogP contribution in [0.4, 0.5) is 0 Å². The van der Waals surface area contributed by atoms with Crippen LogP contribution in [0, 0.1) is 0 Å². The van der Waals surface area contributed by atoms with E-state index in [4.69, 9.17) is 42.1 Å². The first kappa shape index (κ1) is 35.6. The molecule has 1 aliphatic rings. The van der Waals surface area contributed by atoms with Crippen molar-refractivity contribution in [2.24, 2.45) is 0 Å². The van der Waals surface area contributed by atoms with Gasteiger partial charge in [0.05, 0.1) is 24.3 Å². The van der Waals surface area contributed by atoms with Gasteiger partial charge in [-0.25, -0.2) is 9.59 Å². The number of hydrogen-bond donors (Lipinski definition) is 1. The minimum Gasteiger partial charge on any atom is -0.493 e. The number of halogens is 2. The summed E-state index contributed by atoms with van der Waals surface area (Å²) in [5.74, 6) is 0.191. The van der Waals surface area contributed by atoms with Crippen LogP contribution in [-0.4, -0.2) is 62.3 Å². The third-order valence-electron chi connectivity index (χ3n) is 8.42. The van der Waals surface area contributed by atoms with Crippen molar-refractivity contribution in [3.8, 4) is 11.5 Å². The fourth-order valence-corrected chi connectivity index (χ4v) is 7.03. The number of nitrogens with zero attached hydrogens (tertiary/aromatic N) is 2. The quantitative estimate of drug-likeness (QED) is 0.134. The molecular weight excluding hydrogens is 673 g/mol. The van der Waals surface area contributed by atoms with E-state index < -0.39 is 18.1 Å². The number of likely N-dealkylation sites (N-methyl/N-ethyl adjacent to an activating group) is 1. The summed E-state index contributed by atoms with van der Waals surface area (Å²) in [6.07, 6.45) is 5.77. The first-order chi connectivity index (χ1) is 23.3. The molecule has 5 rings (SSSR count). The second-order valence-corrected chi connectivity index (χ2v) is 13.5. The summed E-state index contributed by atoms with van der Waals surface area (Å²) >= 11 is 14.2. The number of thiophene rings is 1. The number of nitrogens with one attached hydrogen (secondary N) is 1. The number of aromatic nitrogens is 1. The van der Waals surface area contributed by atoms with Crippen LogP contribution in [0.3, 0.4) is 0 Å².